The lowest BCUT2D eigenvalue weighted by molar-refractivity contribution is 0.462. The largest absolute Gasteiger partial charge is 0.439 e. The first-order valence-corrected chi connectivity index (χ1v) is 6.12. The monoisotopic (exact) mass is 258 g/mol. The van der Waals surface area contributed by atoms with E-state index in [1.165, 1.54) is 5.56 Å². The summed E-state index contributed by atoms with van der Waals surface area (Å²) < 4.78 is 5.64. The van der Waals surface area contributed by atoms with Gasteiger partial charge in [-0.15, -0.1) is 0 Å². The molecule has 2 aromatic rings. The van der Waals surface area contributed by atoms with Crippen LogP contribution in [-0.4, -0.2) is 9.97 Å². The molecule has 0 radical (unpaired) electrons. The van der Waals surface area contributed by atoms with E-state index in [9.17, 15) is 0 Å². The zero-order chi connectivity index (χ0) is 13.0. The summed E-state index contributed by atoms with van der Waals surface area (Å²) in [5, 5.41) is 0. The number of nitrogens with two attached hydrogens (primary N) is 1. The molecule has 0 aliphatic carbocycles. The molecule has 0 amide bonds. The van der Waals surface area contributed by atoms with E-state index in [0.29, 0.717) is 10.9 Å². The van der Waals surface area contributed by atoms with E-state index in [0.717, 1.165) is 17.7 Å². The number of benzene rings is 1. The van der Waals surface area contributed by atoms with Gasteiger partial charge in [0.15, 0.2) is 0 Å². The van der Waals surface area contributed by atoms with Gasteiger partial charge in [-0.2, -0.15) is 0 Å². The number of aryl methyl sites for hydroxylation is 1. The summed E-state index contributed by atoms with van der Waals surface area (Å²) in [7, 11) is 0. The maximum Gasteiger partial charge on any atom is 0.219 e. The molecule has 0 fully saturated rings. The molecule has 0 bridgehead atoms. The number of thiocarbonyl (C=S) groups is 1. The predicted octanol–water partition coefficient (Wildman–Crippen LogP) is 3.07. The smallest absolute Gasteiger partial charge is 0.219 e. The van der Waals surface area contributed by atoms with E-state index in [2.05, 4.69) is 11.9 Å². The molecule has 4 heteroatoms. The van der Waals surface area contributed by atoms with Crippen LogP contribution in [0.15, 0.2) is 42.6 Å². The molecule has 0 saturated carbocycles. The predicted molar refractivity (Wildman–Crippen MR) is 76.0 cm³/mol. The van der Waals surface area contributed by atoms with Gasteiger partial charge < -0.3 is 10.5 Å². The molecule has 0 aliphatic heterocycles. The Morgan fingerprint density at radius 2 is 2.00 bits per heavy atom. The summed E-state index contributed by atoms with van der Waals surface area (Å²) in [6, 6.07) is 11.4. The molecule has 1 heterocycles. The molecule has 0 unspecified atom stereocenters. The minimum atomic E-state index is 0.337. The summed E-state index contributed by atoms with van der Waals surface area (Å²) in [5.74, 6) is 1.24. The van der Waals surface area contributed by atoms with Crippen LogP contribution in [0.25, 0.3) is 0 Å². The van der Waals surface area contributed by atoms with Crippen molar-refractivity contribution >= 4 is 17.2 Å². The number of nitrogens with zero attached hydrogens (tertiary/aromatic N) is 1. The highest BCUT2D eigenvalue weighted by Gasteiger charge is 2.02. The Morgan fingerprint density at radius 1 is 1.28 bits per heavy atom. The summed E-state index contributed by atoms with van der Waals surface area (Å²) >= 11 is 4.91. The van der Waals surface area contributed by atoms with Crippen molar-refractivity contribution in [2.45, 2.75) is 13.3 Å². The molecule has 0 spiro atoms. The van der Waals surface area contributed by atoms with Gasteiger partial charge in [-0.1, -0.05) is 31.3 Å². The molecule has 1 aromatic carbocycles. The average Bonchev–Trinajstić information content (AvgIpc) is 2.40. The van der Waals surface area contributed by atoms with E-state index in [4.69, 9.17) is 22.7 Å². The molecular weight excluding hydrogens is 244 g/mol. The second-order valence-corrected chi connectivity index (χ2v) is 4.29. The van der Waals surface area contributed by atoms with E-state index in [-0.39, 0.29) is 0 Å². The van der Waals surface area contributed by atoms with E-state index in [1.54, 1.807) is 18.3 Å². The van der Waals surface area contributed by atoms with Gasteiger partial charge in [0.25, 0.3) is 0 Å². The topological polar surface area (TPSA) is 48.1 Å². The van der Waals surface area contributed by atoms with Gasteiger partial charge >= 0.3 is 0 Å². The average molecular weight is 258 g/mol. The Hall–Kier alpha value is -1.94. The number of pyridine rings is 1. The highest BCUT2D eigenvalue weighted by atomic mass is 32.1. The maximum atomic E-state index is 5.64. The highest BCUT2D eigenvalue weighted by molar-refractivity contribution is 7.80. The first-order chi connectivity index (χ1) is 8.69. The normalized spacial score (nSPS) is 10.1. The molecular formula is C14H14N2OS. The van der Waals surface area contributed by atoms with Crippen LogP contribution in [0.2, 0.25) is 0 Å². The Balaban J connectivity index is 2.17. The molecule has 92 valence electrons. The zero-order valence-electron chi connectivity index (χ0n) is 10.1. The third-order valence-electron chi connectivity index (χ3n) is 2.57. The lowest BCUT2D eigenvalue weighted by Crippen LogP contribution is -2.09. The van der Waals surface area contributed by atoms with Crippen LogP contribution in [0.1, 0.15) is 18.1 Å². The molecule has 18 heavy (non-hydrogen) atoms. The Labute approximate surface area is 112 Å². The summed E-state index contributed by atoms with van der Waals surface area (Å²) in [6.45, 7) is 2.11. The van der Waals surface area contributed by atoms with Gasteiger partial charge in [0.2, 0.25) is 5.88 Å². The molecule has 2 N–H and O–H groups in total. The number of rotatable bonds is 4. The van der Waals surface area contributed by atoms with Crippen molar-refractivity contribution in [1.29, 1.82) is 0 Å². The van der Waals surface area contributed by atoms with Crippen LogP contribution >= 0.6 is 12.2 Å². The van der Waals surface area contributed by atoms with Gasteiger partial charge in [-0.05, 0) is 30.2 Å². The number of ether oxygens (including phenoxy) is 1. The fraction of sp³-hybridized carbons (Fsp3) is 0.143. The molecule has 0 aliphatic rings. The number of aromatic nitrogens is 1. The lowest BCUT2D eigenvalue weighted by Gasteiger charge is -2.06. The van der Waals surface area contributed by atoms with Crippen LogP contribution in [0.3, 0.4) is 0 Å². The minimum absolute atomic E-state index is 0.337. The Kier molecular flexibility index (Phi) is 3.89. The van der Waals surface area contributed by atoms with Crippen molar-refractivity contribution in [3.8, 4) is 11.6 Å². The van der Waals surface area contributed by atoms with Gasteiger partial charge in [0.05, 0.1) is 0 Å². The van der Waals surface area contributed by atoms with Crippen LogP contribution < -0.4 is 10.5 Å². The SMILES string of the molecule is CCc1ccc(Oc2cc(C(N)=S)ccn2)cc1. The van der Waals surface area contributed by atoms with Gasteiger partial charge in [0, 0.05) is 17.8 Å². The highest BCUT2D eigenvalue weighted by Crippen LogP contribution is 2.20. The van der Waals surface area contributed by atoms with Crippen molar-refractivity contribution in [3.63, 3.8) is 0 Å². The van der Waals surface area contributed by atoms with Crippen LogP contribution in [0.5, 0.6) is 11.6 Å². The molecule has 0 saturated heterocycles. The summed E-state index contributed by atoms with van der Waals surface area (Å²) in [4.78, 5) is 4.46. The van der Waals surface area contributed by atoms with E-state index in [1.807, 2.05) is 24.3 Å². The van der Waals surface area contributed by atoms with Gasteiger partial charge in [0.1, 0.15) is 10.7 Å². The minimum Gasteiger partial charge on any atom is -0.439 e. The Morgan fingerprint density at radius 3 is 2.61 bits per heavy atom. The quantitative estimate of drug-likeness (QED) is 0.856. The summed E-state index contributed by atoms with van der Waals surface area (Å²) in [5.41, 5.74) is 7.58. The Bertz CT molecular complexity index is 552. The maximum absolute atomic E-state index is 5.64. The van der Waals surface area contributed by atoms with Crippen molar-refractivity contribution in [2.24, 2.45) is 5.73 Å². The van der Waals surface area contributed by atoms with Crippen molar-refractivity contribution in [2.75, 3.05) is 0 Å². The van der Waals surface area contributed by atoms with Crippen molar-refractivity contribution < 1.29 is 4.74 Å². The second-order valence-electron chi connectivity index (χ2n) is 3.85. The molecule has 3 nitrogen and oxygen atoms in total. The third kappa shape index (κ3) is 3.05. The first-order valence-electron chi connectivity index (χ1n) is 5.71. The summed E-state index contributed by atoms with van der Waals surface area (Å²) in [6.07, 6.45) is 2.64. The standard InChI is InChI=1S/C14H14N2OS/c1-2-10-3-5-12(6-4-10)17-13-9-11(14(15)18)7-8-16-13/h3-9H,2H2,1H3,(H2,15,18). The number of hydrogen-bond donors (Lipinski definition) is 1. The zero-order valence-corrected chi connectivity index (χ0v) is 10.9. The van der Waals surface area contributed by atoms with E-state index < -0.39 is 0 Å². The molecule has 1 aromatic heterocycles. The van der Waals surface area contributed by atoms with Crippen molar-refractivity contribution in [1.82, 2.24) is 4.98 Å². The van der Waals surface area contributed by atoms with E-state index >= 15 is 0 Å². The van der Waals surface area contributed by atoms with Crippen molar-refractivity contribution in [3.05, 3.63) is 53.7 Å². The van der Waals surface area contributed by atoms with Crippen LogP contribution in [0.4, 0.5) is 0 Å². The number of hydrogen-bond acceptors (Lipinski definition) is 3. The first kappa shape index (κ1) is 12.5. The van der Waals surface area contributed by atoms with Gasteiger partial charge in [-0.25, -0.2) is 4.98 Å². The molecule has 2 rings (SSSR count). The van der Waals surface area contributed by atoms with Crippen LogP contribution in [-0.2, 0) is 6.42 Å². The van der Waals surface area contributed by atoms with Crippen LogP contribution in [0, 0.1) is 0 Å². The lowest BCUT2D eigenvalue weighted by atomic mass is 10.2. The fourth-order valence-electron chi connectivity index (χ4n) is 1.53. The molecule has 0 atom stereocenters. The van der Waals surface area contributed by atoms with Gasteiger partial charge in [-0.3, -0.25) is 0 Å². The third-order valence-corrected chi connectivity index (χ3v) is 2.81. The second kappa shape index (κ2) is 5.60. The fourth-order valence-corrected chi connectivity index (χ4v) is 1.66.